The minimum Gasteiger partial charge on any atom is -0.301 e. The second kappa shape index (κ2) is 8.49. The maximum atomic E-state index is 5.28. The molecule has 3 heteroatoms. The van der Waals surface area contributed by atoms with Crippen LogP contribution < -0.4 is 0 Å². The monoisotopic (exact) mass is 424 g/mol. The van der Waals surface area contributed by atoms with Gasteiger partial charge in [-0.15, -0.1) is 11.8 Å². The van der Waals surface area contributed by atoms with Gasteiger partial charge in [0.25, 0.3) is 0 Å². The van der Waals surface area contributed by atoms with Crippen molar-refractivity contribution in [1.82, 2.24) is 4.90 Å². The Morgan fingerprint density at radius 3 is 2.32 bits per heavy atom. The third-order valence-corrected chi connectivity index (χ3v) is 7.63. The highest BCUT2D eigenvalue weighted by atomic mass is 32.2. The van der Waals surface area contributed by atoms with Crippen LogP contribution in [0.25, 0.3) is 6.08 Å². The number of piperidine rings is 1. The summed E-state index contributed by atoms with van der Waals surface area (Å²) in [6.45, 7) is 6.24. The van der Waals surface area contributed by atoms with E-state index < -0.39 is 0 Å². The van der Waals surface area contributed by atoms with E-state index in [4.69, 9.17) is 4.99 Å². The number of aliphatic imine (C=N–C) groups is 1. The highest BCUT2D eigenvalue weighted by Gasteiger charge is 2.37. The Kier molecular flexibility index (Phi) is 5.56. The zero-order valence-electron chi connectivity index (χ0n) is 18.4. The summed E-state index contributed by atoms with van der Waals surface area (Å²) in [5.74, 6) is 0.343. The van der Waals surface area contributed by atoms with Crippen LogP contribution in [-0.2, 0) is 0 Å². The first-order chi connectivity index (χ1) is 15.1. The van der Waals surface area contributed by atoms with Crippen molar-refractivity contribution < 1.29 is 0 Å². The lowest BCUT2D eigenvalue weighted by atomic mass is 9.85. The third kappa shape index (κ3) is 4.26. The van der Waals surface area contributed by atoms with Gasteiger partial charge in [-0.2, -0.15) is 0 Å². The van der Waals surface area contributed by atoms with E-state index in [-0.39, 0.29) is 0 Å². The van der Waals surface area contributed by atoms with Crippen molar-refractivity contribution in [3.8, 4) is 0 Å². The first kappa shape index (κ1) is 20.3. The van der Waals surface area contributed by atoms with E-state index in [1.165, 1.54) is 38.4 Å². The Hall–Kier alpha value is -2.62. The van der Waals surface area contributed by atoms with E-state index in [2.05, 4.69) is 105 Å². The molecule has 2 nitrogen and oxygen atoms in total. The van der Waals surface area contributed by atoms with Crippen LogP contribution in [-0.4, -0.2) is 30.7 Å². The van der Waals surface area contributed by atoms with E-state index in [9.17, 15) is 0 Å². The van der Waals surface area contributed by atoms with E-state index in [1.54, 1.807) is 0 Å². The molecule has 3 aromatic carbocycles. The molecule has 0 spiro atoms. The van der Waals surface area contributed by atoms with Gasteiger partial charge in [0.05, 0.1) is 11.4 Å². The molecule has 2 aliphatic heterocycles. The summed E-state index contributed by atoms with van der Waals surface area (Å²) < 4.78 is 0. The number of benzene rings is 3. The van der Waals surface area contributed by atoms with E-state index in [1.807, 2.05) is 11.8 Å². The van der Waals surface area contributed by atoms with Crippen LogP contribution in [0.5, 0.6) is 0 Å². The second-order valence-electron chi connectivity index (χ2n) is 8.80. The van der Waals surface area contributed by atoms with Crippen LogP contribution in [0.3, 0.4) is 0 Å². The average Bonchev–Trinajstić information content (AvgIpc) is 2.93. The summed E-state index contributed by atoms with van der Waals surface area (Å²) in [6.07, 6.45) is 2.34. The van der Waals surface area contributed by atoms with Gasteiger partial charge in [-0.05, 0) is 55.8 Å². The fourth-order valence-corrected chi connectivity index (χ4v) is 5.87. The molecule has 0 N–H and O–H groups in total. The van der Waals surface area contributed by atoms with Crippen molar-refractivity contribution in [1.29, 1.82) is 0 Å². The second-order valence-corrected chi connectivity index (χ2v) is 9.98. The van der Waals surface area contributed by atoms with Gasteiger partial charge in [-0.3, -0.25) is 4.99 Å². The molecule has 0 unspecified atom stereocenters. The van der Waals surface area contributed by atoms with Gasteiger partial charge in [0, 0.05) is 29.2 Å². The van der Waals surface area contributed by atoms with Gasteiger partial charge >= 0.3 is 0 Å². The van der Waals surface area contributed by atoms with Crippen LogP contribution in [0.4, 0.5) is 5.69 Å². The third-order valence-electron chi connectivity index (χ3n) is 6.18. The Labute approximate surface area is 189 Å². The lowest BCUT2D eigenvalue weighted by Crippen LogP contribution is -2.42. The summed E-state index contributed by atoms with van der Waals surface area (Å²) in [6, 6.07) is 26.5. The zero-order valence-corrected chi connectivity index (χ0v) is 19.2. The van der Waals surface area contributed by atoms with E-state index in [0.717, 1.165) is 18.8 Å². The lowest BCUT2D eigenvalue weighted by molar-refractivity contribution is 0.315. The number of likely N-dealkylation sites (N-methyl/N-ethyl adjacent to an activating group) is 1. The molecular weight excluding hydrogens is 396 g/mol. The molecule has 31 heavy (non-hydrogen) atoms. The topological polar surface area (TPSA) is 15.6 Å². The number of likely N-dealkylation sites (tertiary alicyclic amines) is 1. The van der Waals surface area contributed by atoms with Crippen LogP contribution in [0.2, 0.25) is 0 Å². The van der Waals surface area contributed by atoms with Crippen molar-refractivity contribution in [2.24, 2.45) is 10.9 Å². The summed E-state index contributed by atoms with van der Waals surface area (Å²) in [4.78, 5) is 9.00. The predicted octanol–water partition coefficient (Wildman–Crippen LogP) is 6.87. The minimum absolute atomic E-state index is 0.340. The van der Waals surface area contributed by atoms with Crippen LogP contribution in [0.1, 0.15) is 27.5 Å². The van der Waals surface area contributed by atoms with Crippen LogP contribution in [0, 0.1) is 19.8 Å². The Balaban J connectivity index is 1.65. The molecule has 2 atom stereocenters. The van der Waals surface area contributed by atoms with Gasteiger partial charge < -0.3 is 4.90 Å². The maximum absolute atomic E-state index is 5.28. The van der Waals surface area contributed by atoms with Crippen molar-refractivity contribution in [3.63, 3.8) is 0 Å². The first-order valence-corrected chi connectivity index (χ1v) is 11.8. The largest absolute Gasteiger partial charge is 0.301 e. The van der Waals surface area contributed by atoms with Gasteiger partial charge in [0.2, 0.25) is 0 Å². The summed E-state index contributed by atoms with van der Waals surface area (Å²) in [5.41, 5.74) is 8.90. The Morgan fingerprint density at radius 1 is 0.903 bits per heavy atom. The standard InChI is InChI=1S/C28H28N2S/c1-19-8-12-21(13-9-19)16-23-17-30(3)18-24-27(23)29-25-6-4-5-7-26(25)31-28(24)22-14-10-20(2)11-15-22/h4-16,24,28H,17-18H2,1-3H3/b23-16+/t24-,28+/m1/s1. The first-order valence-electron chi connectivity index (χ1n) is 10.9. The smallest absolute Gasteiger partial charge is 0.0769 e. The average molecular weight is 425 g/mol. The number of nitrogens with zero attached hydrogens (tertiary/aromatic N) is 2. The molecule has 156 valence electrons. The van der Waals surface area contributed by atoms with Crippen molar-refractivity contribution in [3.05, 3.63) is 101 Å². The molecule has 0 bridgehead atoms. The van der Waals surface area contributed by atoms with Crippen molar-refractivity contribution in [2.45, 2.75) is 24.0 Å². The molecule has 0 radical (unpaired) electrons. The molecule has 0 aliphatic carbocycles. The summed E-state index contributed by atoms with van der Waals surface area (Å²) in [5, 5.41) is 0.340. The molecule has 0 saturated carbocycles. The van der Waals surface area contributed by atoms with Crippen molar-refractivity contribution in [2.75, 3.05) is 20.1 Å². The molecule has 2 heterocycles. The summed E-state index contributed by atoms with van der Waals surface area (Å²) in [7, 11) is 2.23. The number of hydrogen-bond acceptors (Lipinski definition) is 3. The minimum atomic E-state index is 0.340. The molecule has 0 aromatic heterocycles. The molecule has 0 amide bonds. The normalized spacial score (nSPS) is 22.4. The molecular formula is C28H28N2S. The molecule has 1 fully saturated rings. The number of thioether (sulfide) groups is 1. The highest BCUT2D eigenvalue weighted by Crippen LogP contribution is 2.49. The summed E-state index contributed by atoms with van der Waals surface area (Å²) >= 11 is 1.97. The number of para-hydroxylation sites is 1. The Bertz CT molecular complexity index is 1140. The fraction of sp³-hybridized carbons (Fsp3) is 0.250. The highest BCUT2D eigenvalue weighted by molar-refractivity contribution is 7.99. The molecule has 2 aliphatic rings. The van der Waals surface area contributed by atoms with Gasteiger partial charge in [-0.25, -0.2) is 0 Å². The number of fused-ring (bicyclic) bond motifs is 2. The number of rotatable bonds is 2. The van der Waals surface area contributed by atoms with Gasteiger partial charge in [0.15, 0.2) is 0 Å². The number of hydrogen-bond donors (Lipinski definition) is 0. The molecule has 5 rings (SSSR count). The SMILES string of the molecule is Cc1ccc(/C=C2\CN(C)C[C@@H]3C2=Nc2ccccc2S[C@H]3c2ccc(C)cc2)cc1. The van der Waals surface area contributed by atoms with Gasteiger partial charge in [0.1, 0.15) is 0 Å². The van der Waals surface area contributed by atoms with E-state index in [0.29, 0.717) is 11.2 Å². The number of aryl methyl sites for hydroxylation is 2. The lowest BCUT2D eigenvalue weighted by Gasteiger charge is -2.36. The molecule has 3 aromatic rings. The maximum Gasteiger partial charge on any atom is 0.0769 e. The van der Waals surface area contributed by atoms with Gasteiger partial charge in [-0.1, -0.05) is 71.8 Å². The Morgan fingerprint density at radius 2 is 1.58 bits per heavy atom. The predicted molar refractivity (Wildman–Crippen MR) is 133 cm³/mol. The van der Waals surface area contributed by atoms with Crippen LogP contribution >= 0.6 is 11.8 Å². The zero-order chi connectivity index (χ0) is 21.4. The quantitative estimate of drug-likeness (QED) is 0.446. The van der Waals surface area contributed by atoms with Crippen LogP contribution in [0.15, 0.2) is 88.3 Å². The van der Waals surface area contributed by atoms with Crippen molar-refractivity contribution >= 4 is 29.2 Å². The fourth-order valence-electron chi connectivity index (χ4n) is 4.53. The molecule has 1 saturated heterocycles. The van der Waals surface area contributed by atoms with E-state index >= 15 is 0 Å².